The van der Waals surface area contributed by atoms with Gasteiger partial charge in [0.1, 0.15) is 5.60 Å². The molecule has 0 saturated carbocycles. The fourth-order valence-electron chi connectivity index (χ4n) is 1.04. The van der Waals surface area contributed by atoms with E-state index in [9.17, 15) is 9.59 Å². The lowest BCUT2D eigenvalue weighted by Gasteiger charge is -2.19. The summed E-state index contributed by atoms with van der Waals surface area (Å²) in [5.41, 5.74) is -0.521. The average molecular weight is 275 g/mol. The summed E-state index contributed by atoms with van der Waals surface area (Å²) >= 11 is 0. The Hall–Kier alpha value is -1.44. The van der Waals surface area contributed by atoms with Crippen LogP contribution >= 0.6 is 0 Å². The average Bonchev–Trinajstić information content (AvgIpc) is 2.23. The summed E-state index contributed by atoms with van der Waals surface area (Å²) in [7, 11) is 0. The minimum Gasteiger partial charge on any atom is -0.478 e. The van der Waals surface area contributed by atoms with Crippen molar-refractivity contribution in [3.05, 3.63) is 12.2 Å². The van der Waals surface area contributed by atoms with Gasteiger partial charge < -0.3 is 25.0 Å². The van der Waals surface area contributed by atoms with E-state index in [4.69, 9.17) is 19.7 Å². The van der Waals surface area contributed by atoms with Crippen molar-refractivity contribution >= 4 is 11.9 Å². The Bertz CT molecular complexity index is 321. The van der Waals surface area contributed by atoms with Gasteiger partial charge in [-0.05, 0) is 26.8 Å². The quantitative estimate of drug-likeness (QED) is 0.246. The lowest BCUT2D eigenvalue weighted by Crippen LogP contribution is -2.33. The highest BCUT2D eigenvalue weighted by atomic mass is 16.6. The number of hydrogen-bond donors (Lipinski definition) is 3. The molecule has 0 rings (SSSR count). The zero-order chi connectivity index (χ0) is 14.9. The van der Waals surface area contributed by atoms with Gasteiger partial charge in [0, 0.05) is 12.6 Å². The number of hydrogen-bond acceptors (Lipinski definition) is 6. The van der Waals surface area contributed by atoms with Crippen LogP contribution in [0.2, 0.25) is 0 Å². The Morgan fingerprint density at radius 1 is 1.37 bits per heavy atom. The summed E-state index contributed by atoms with van der Waals surface area (Å²) in [6.45, 7) is 5.84. The van der Waals surface area contributed by atoms with Crippen LogP contribution in [-0.4, -0.2) is 53.7 Å². The number of ether oxygens (including phenoxy) is 2. The number of aliphatic carboxylic acids is 1. The summed E-state index contributed by atoms with van der Waals surface area (Å²) in [6, 6.07) is 0. The van der Waals surface area contributed by atoms with Crippen molar-refractivity contribution in [2.75, 3.05) is 19.7 Å². The second-order valence-electron chi connectivity index (χ2n) is 4.72. The van der Waals surface area contributed by atoms with Gasteiger partial charge >= 0.3 is 11.9 Å². The Balaban J connectivity index is 3.60. The van der Waals surface area contributed by atoms with Crippen LogP contribution < -0.4 is 5.32 Å². The van der Waals surface area contributed by atoms with Crippen LogP contribution in [0.25, 0.3) is 0 Å². The van der Waals surface area contributed by atoms with E-state index in [1.807, 2.05) is 0 Å². The van der Waals surface area contributed by atoms with Crippen molar-refractivity contribution in [2.45, 2.75) is 32.7 Å². The number of carbonyl (C=O) groups is 2. The largest absolute Gasteiger partial charge is 0.478 e. The minimum absolute atomic E-state index is 0.0433. The summed E-state index contributed by atoms with van der Waals surface area (Å²) in [5.74, 6) is -1.54. The van der Waals surface area contributed by atoms with Gasteiger partial charge in [-0.25, -0.2) is 4.79 Å². The molecule has 1 atom stereocenters. The van der Waals surface area contributed by atoms with E-state index < -0.39 is 17.9 Å². The summed E-state index contributed by atoms with van der Waals surface area (Å²) in [4.78, 5) is 21.4. The first kappa shape index (κ1) is 17.6. The zero-order valence-corrected chi connectivity index (χ0v) is 11.4. The highest BCUT2D eigenvalue weighted by Crippen LogP contribution is 2.05. The molecule has 0 radical (unpaired) electrons. The van der Waals surface area contributed by atoms with Crippen molar-refractivity contribution in [1.29, 1.82) is 0 Å². The van der Waals surface area contributed by atoms with Crippen molar-refractivity contribution in [3.8, 4) is 0 Å². The van der Waals surface area contributed by atoms with Crippen LogP contribution in [0.3, 0.4) is 0 Å². The lowest BCUT2D eigenvalue weighted by atomic mass is 10.2. The number of carboxylic acid groups (broad SMARTS) is 1. The fourth-order valence-corrected chi connectivity index (χ4v) is 1.04. The fraction of sp³-hybridized carbons (Fsp3) is 0.667. The topological polar surface area (TPSA) is 105 Å². The Morgan fingerprint density at radius 2 is 2.00 bits per heavy atom. The van der Waals surface area contributed by atoms with E-state index in [-0.39, 0.29) is 19.1 Å². The van der Waals surface area contributed by atoms with Crippen LogP contribution in [0.1, 0.15) is 20.8 Å². The molecule has 0 bridgehead atoms. The molecule has 0 aromatic carbocycles. The molecular formula is C12H21NO6. The molecule has 0 aliphatic heterocycles. The molecule has 0 aliphatic carbocycles. The first-order valence-electron chi connectivity index (χ1n) is 5.84. The molecule has 0 heterocycles. The number of rotatable bonds is 8. The molecule has 0 aromatic heterocycles. The molecule has 0 spiro atoms. The molecule has 0 fully saturated rings. The van der Waals surface area contributed by atoms with Crippen LogP contribution in [0.5, 0.6) is 0 Å². The predicted molar refractivity (Wildman–Crippen MR) is 67.4 cm³/mol. The normalized spacial score (nSPS) is 13.5. The monoisotopic (exact) mass is 275 g/mol. The zero-order valence-electron chi connectivity index (χ0n) is 11.4. The minimum atomic E-state index is -1.28. The standard InChI is InChI=1S/C12H21NO6/c1-12(2,3)19-11(17)8-13-6-7-18-10(16)5-4-9(14)15/h4-5,10,13,16H,6-8H2,1-3H3,(H,14,15)/b5-4+. The van der Waals surface area contributed by atoms with E-state index in [0.717, 1.165) is 12.2 Å². The van der Waals surface area contributed by atoms with Crippen LogP contribution in [-0.2, 0) is 19.1 Å². The number of carbonyl (C=O) groups excluding carboxylic acids is 1. The van der Waals surface area contributed by atoms with Crippen molar-refractivity contribution in [1.82, 2.24) is 5.32 Å². The smallest absolute Gasteiger partial charge is 0.328 e. The van der Waals surface area contributed by atoms with E-state index >= 15 is 0 Å². The summed E-state index contributed by atoms with van der Waals surface area (Å²) in [6.07, 6.45) is 0.522. The number of esters is 1. The second kappa shape index (κ2) is 8.63. The lowest BCUT2D eigenvalue weighted by molar-refractivity contribution is -0.153. The van der Waals surface area contributed by atoms with Gasteiger partial charge in [-0.2, -0.15) is 0 Å². The van der Waals surface area contributed by atoms with E-state index in [1.165, 1.54) is 0 Å². The number of carboxylic acids is 1. The Kier molecular flexibility index (Phi) is 7.97. The van der Waals surface area contributed by atoms with Crippen molar-refractivity contribution in [2.24, 2.45) is 0 Å². The molecular weight excluding hydrogens is 254 g/mol. The molecule has 7 heteroatoms. The Morgan fingerprint density at radius 3 is 2.53 bits per heavy atom. The Labute approximate surface area is 112 Å². The van der Waals surface area contributed by atoms with Crippen LogP contribution in [0, 0.1) is 0 Å². The first-order chi connectivity index (χ1) is 8.70. The van der Waals surface area contributed by atoms with Crippen LogP contribution in [0.15, 0.2) is 12.2 Å². The molecule has 3 N–H and O–H groups in total. The van der Waals surface area contributed by atoms with E-state index in [2.05, 4.69) is 5.32 Å². The molecule has 1 unspecified atom stereocenters. The number of nitrogens with one attached hydrogen (secondary N) is 1. The first-order valence-corrected chi connectivity index (χ1v) is 5.84. The molecule has 110 valence electrons. The van der Waals surface area contributed by atoms with Crippen LogP contribution in [0.4, 0.5) is 0 Å². The third-order valence-corrected chi connectivity index (χ3v) is 1.66. The van der Waals surface area contributed by atoms with E-state index in [0.29, 0.717) is 6.54 Å². The van der Waals surface area contributed by atoms with Gasteiger partial charge in [0.25, 0.3) is 0 Å². The highest BCUT2D eigenvalue weighted by molar-refractivity contribution is 5.79. The summed E-state index contributed by atoms with van der Waals surface area (Å²) in [5, 5.41) is 20.3. The maximum Gasteiger partial charge on any atom is 0.328 e. The maximum atomic E-state index is 11.3. The summed E-state index contributed by atoms with van der Waals surface area (Å²) < 4.78 is 9.93. The third kappa shape index (κ3) is 12.8. The maximum absolute atomic E-state index is 11.3. The molecule has 0 aromatic rings. The molecule has 7 nitrogen and oxygen atoms in total. The third-order valence-electron chi connectivity index (χ3n) is 1.66. The van der Waals surface area contributed by atoms with Gasteiger partial charge in [0.15, 0.2) is 6.29 Å². The van der Waals surface area contributed by atoms with Gasteiger partial charge in [-0.15, -0.1) is 0 Å². The number of aliphatic hydroxyl groups excluding tert-OH is 1. The SMILES string of the molecule is CC(C)(C)OC(=O)CNCCOC(O)/C=C/C(=O)O. The van der Waals surface area contributed by atoms with Gasteiger partial charge in [0.05, 0.1) is 13.2 Å². The number of aliphatic hydroxyl groups is 1. The second-order valence-corrected chi connectivity index (χ2v) is 4.72. The van der Waals surface area contributed by atoms with Gasteiger partial charge in [-0.1, -0.05) is 0 Å². The molecule has 0 saturated heterocycles. The molecule has 0 amide bonds. The molecule has 19 heavy (non-hydrogen) atoms. The van der Waals surface area contributed by atoms with Crippen molar-refractivity contribution in [3.63, 3.8) is 0 Å². The molecule has 0 aliphatic rings. The van der Waals surface area contributed by atoms with Gasteiger partial charge in [0.2, 0.25) is 0 Å². The van der Waals surface area contributed by atoms with Gasteiger partial charge in [-0.3, -0.25) is 4.79 Å². The van der Waals surface area contributed by atoms with Crippen molar-refractivity contribution < 1.29 is 29.3 Å². The predicted octanol–water partition coefficient (Wildman–Crippen LogP) is -0.106. The highest BCUT2D eigenvalue weighted by Gasteiger charge is 2.15. The van der Waals surface area contributed by atoms with E-state index in [1.54, 1.807) is 20.8 Å².